The first-order valence-electron chi connectivity index (χ1n) is 44.3. The van der Waals surface area contributed by atoms with Crippen molar-refractivity contribution >= 4 is 90.2 Å². The maximum Gasteiger partial charge on any atom is 0.262 e. The molecule has 0 spiro atoms. The van der Waals surface area contributed by atoms with E-state index in [0.29, 0.717) is 166 Å². The summed E-state index contributed by atoms with van der Waals surface area (Å²) in [6.45, 7) is 12.1. The molecule has 0 aromatic heterocycles. The van der Waals surface area contributed by atoms with Crippen molar-refractivity contribution in [3.8, 4) is 90.5 Å². The fourth-order valence-electron chi connectivity index (χ4n) is 20.0. The van der Waals surface area contributed by atoms with Crippen molar-refractivity contribution in [3.63, 3.8) is 0 Å². The number of nitrogens with zero attached hydrogens (tertiary/aromatic N) is 6. The van der Waals surface area contributed by atoms with E-state index in [1.807, 2.05) is 218 Å². The summed E-state index contributed by atoms with van der Waals surface area (Å²) in [5.41, 5.74) is 7.71. The molecule has 19 rings (SSSR count). The largest absolute Gasteiger partial charge is 0.457 e. The van der Waals surface area contributed by atoms with Gasteiger partial charge in [-0.2, -0.15) is 0 Å². The van der Waals surface area contributed by atoms with Gasteiger partial charge in [0.25, 0.3) is 23.6 Å². The van der Waals surface area contributed by atoms with E-state index in [9.17, 15) is 9.59 Å². The van der Waals surface area contributed by atoms with Crippen LogP contribution >= 0.6 is 0 Å². The van der Waals surface area contributed by atoms with E-state index in [0.717, 1.165) is 83.0 Å². The van der Waals surface area contributed by atoms with Crippen LogP contribution in [0.2, 0.25) is 0 Å². The summed E-state index contributed by atoms with van der Waals surface area (Å²) in [5.74, 6) is -2.74. The zero-order valence-electron chi connectivity index (χ0n) is 70.3. The van der Waals surface area contributed by atoms with E-state index in [-0.39, 0.29) is 79.5 Å². The number of carbonyl (C=O) groups excluding carboxylic acids is 8. The molecule has 126 heavy (non-hydrogen) atoms. The van der Waals surface area contributed by atoms with Gasteiger partial charge in [-0.25, -0.2) is 0 Å². The van der Waals surface area contributed by atoms with Crippen LogP contribution in [0.4, 0.5) is 0 Å². The molecule has 13 aromatic rings. The van der Waals surface area contributed by atoms with Gasteiger partial charge in [0.15, 0.2) is 5.78 Å². The Morgan fingerprint density at radius 3 is 0.913 bits per heavy atom. The van der Waals surface area contributed by atoms with Gasteiger partial charge in [-0.1, -0.05) is 222 Å². The lowest BCUT2D eigenvalue weighted by Crippen LogP contribution is -2.60. The second-order valence-electron chi connectivity index (χ2n) is 33.9. The molecule has 19 heteroatoms. The topological polar surface area (TPSA) is 205 Å². The molecule has 4 aliphatic heterocycles. The van der Waals surface area contributed by atoms with Crippen LogP contribution < -0.4 is 24.3 Å². The summed E-state index contributed by atoms with van der Waals surface area (Å²) in [6.07, 6.45) is 10.9. The average Bonchev–Trinajstić information content (AvgIpc) is 0.668. The van der Waals surface area contributed by atoms with E-state index in [4.69, 9.17) is 18.9 Å². The molecule has 6 aliphatic rings. The Morgan fingerprint density at radius 1 is 0.341 bits per heavy atom. The Balaban J connectivity index is 0.882. The van der Waals surface area contributed by atoms with Crippen molar-refractivity contribution in [2.24, 2.45) is 11.8 Å². The van der Waals surface area contributed by atoms with Gasteiger partial charge in [0.05, 0.1) is 22.3 Å². The SMILES string of the molecule is C=CC(=O)CCCN1CCN(C(=O)C(C2CCCCC2)N2C(=O)c3cc(Oc4ccc(-c5ccccc5)cc4)c4c5c(Oc6ccc(-c7ccccc7)cc6)cc6c7c(cc(Oc8ccc(-c9ccccc9)cc8)c(c8c(Oc9ccc(-c%10ccccc%10)cc9)cc(c3c48)C2=O)c75)C(=O)N(C(C(=O)N2CCN(CCNC(=O)C=C)CC2)C2CCCCC2)C6=O)CC1. The minimum atomic E-state index is -1.24. The Kier molecular flexibility index (Phi) is 23.2. The van der Waals surface area contributed by atoms with Gasteiger partial charge in [-0.3, -0.25) is 58.0 Å². The molecule has 2 saturated heterocycles. The number of hydrogen-bond donors (Lipinski definition) is 1. The monoisotopic (exact) mass is 1670 g/mol. The molecule has 2 aliphatic carbocycles. The zero-order chi connectivity index (χ0) is 86.1. The second kappa shape index (κ2) is 35.8. The van der Waals surface area contributed by atoms with Crippen LogP contribution in [0.25, 0.3) is 87.6 Å². The van der Waals surface area contributed by atoms with E-state index in [1.165, 1.54) is 22.0 Å². The molecule has 4 heterocycles. The number of fused-ring (bicyclic) bond motifs is 2. The molecular weight excluding hydrogens is 1580 g/mol. The number of ether oxygens (including phenoxy) is 4. The van der Waals surface area contributed by atoms with Gasteiger partial charge in [0.1, 0.15) is 58.1 Å². The Morgan fingerprint density at radius 2 is 0.627 bits per heavy atom. The fraction of sp³-hybridized carbons (Fsp3) is 0.252. The van der Waals surface area contributed by atoms with E-state index in [2.05, 4.69) is 28.3 Å². The third-order valence-electron chi connectivity index (χ3n) is 26.4. The lowest BCUT2D eigenvalue weighted by atomic mass is 9.78. The maximum atomic E-state index is 17.2. The smallest absolute Gasteiger partial charge is 0.262 e. The fourth-order valence-corrected chi connectivity index (χ4v) is 20.0. The number of piperazine rings is 2. The summed E-state index contributed by atoms with van der Waals surface area (Å²) in [4.78, 5) is 136. The van der Waals surface area contributed by atoms with Crippen molar-refractivity contribution in [1.29, 1.82) is 0 Å². The maximum absolute atomic E-state index is 17.2. The number of ketones is 1. The number of imide groups is 2. The third-order valence-corrected chi connectivity index (χ3v) is 26.4. The second-order valence-corrected chi connectivity index (χ2v) is 33.9. The Labute approximate surface area is 731 Å². The normalized spacial score (nSPS) is 16.5. The standard InChI is InChI=1S/C107H97N7O12/c1-3-78(115)36-23-54-109-56-60-111(61-57-109)106(121)100(76-32-19-9-20-33-76)113-102(117)83-64-87(123-79-45-37-72(38-46-79)68-24-11-5-12-25-68)94-96-89(125-81-49-41-74(42-50-81)70-28-15-7-16-29-70)66-85-93-86(105(120)114(104(85)119)101(77-34-21-10-22-35-77)107(122)112-62-58-110(59-63-112)55-53-108-91(116)4-2)67-90(126-82-51-43-75(44-52-82)71-30-17-8-18-31-71)97(99(93)96)95-88(65-84(103(113)118)92(83)98(94)95)124-80-47-39-73(40-48-80)69-26-13-6-14-27-69/h3-8,11-18,24-31,37-52,64-67,76-77,100-101H,1-2,9-10,19-23,32-36,53-63H2,(H,108,116). The Bertz CT molecular complexity index is 5680. The minimum absolute atomic E-state index is 0.0284. The summed E-state index contributed by atoms with van der Waals surface area (Å²) in [7, 11) is 0. The molecule has 7 amide bonds. The zero-order valence-corrected chi connectivity index (χ0v) is 70.3. The quantitative estimate of drug-likeness (QED) is 0.0220. The summed E-state index contributed by atoms with van der Waals surface area (Å²) in [5, 5.41) is 5.19. The minimum Gasteiger partial charge on any atom is -0.457 e. The number of nitrogens with one attached hydrogen (secondary N) is 1. The number of carbonyl (C=O) groups is 8. The molecular formula is C107H97N7O12. The number of rotatable bonds is 27. The van der Waals surface area contributed by atoms with Gasteiger partial charge < -0.3 is 34.1 Å². The predicted molar refractivity (Wildman–Crippen MR) is 491 cm³/mol. The van der Waals surface area contributed by atoms with E-state index >= 15 is 28.8 Å². The number of allylic oxidation sites excluding steroid dienone is 1. The highest BCUT2D eigenvalue weighted by molar-refractivity contribution is 6.45. The Hall–Kier alpha value is -13.9. The highest BCUT2D eigenvalue weighted by Gasteiger charge is 2.51. The molecule has 4 fully saturated rings. The molecule has 632 valence electrons. The average molecular weight is 1670 g/mol. The van der Waals surface area contributed by atoms with Gasteiger partial charge in [0, 0.05) is 115 Å². The highest BCUT2D eigenvalue weighted by Crippen LogP contribution is 2.59. The lowest BCUT2D eigenvalue weighted by molar-refractivity contribution is -0.140. The van der Waals surface area contributed by atoms with Crippen LogP contribution in [-0.2, 0) is 19.2 Å². The number of benzene rings is 13. The van der Waals surface area contributed by atoms with Crippen molar-refractivity contribution < 1.29 is 57.3 Å². The first-order valence-corrected chi connectivity index (χ1v) is 44.3. The molecule has 1 N–H and O–H groups in total. The van der Waals surface area contributed by atoms with Crippen molar-refractivity contribution in [2.75, 3.05) is 72.0 Å². The van der Waals surface area contributed by atoms with Crippen molar-refractivity contribution in [1.82, 2.24) is 34.7 Å². The molecule has 19 nitrogen and oxygen atoms in total. The van der Waals surface area contributed by atoms with Crippen LogP contribution in [-0.4, -0.2) is 161 Å². The molecule has 13 aromatic carbocycles. The molecule has 2 saturated carbocycles. The number of hydrogen-bond acceptors (Lipinski definition) is 14. The van der Waals surface area contributed by atoms with Gasteiger partial charge in [0.2, 0.25) is 17.7 Å². The van der Waals surface area contributed by atoms with Gasteiger partial charge in [-0.15, -0.1) is 0 Å². The van der Waals surface area contributed by atoms with Crippen LogP contribution in [0.15, 0.2) is 268 Å². The molecule has 2 unspecified atom stereocenters. The van der Waals surface area contributed by atoms with Crippen LogP contribution in [0.5, 0.6) is 46.0 Å². The highest BCUT2D eigenvalue weighted by atomic mass is 16.5. The summed E-state index contributed by atoms with van der Waals surface area (Å²) in [6, 6.07) is 74.7. The number of amides is 7. The van der Waals surface area contributed by atoms with Crippen LogP contribution in [0.3, 0.4) is 0 Å². The molecule has 0 bridgehead atoms. The first kappa shape index (κ1) is 81.8. The molecule has 2 atom stereocenters. The van der Waals surface area contributed by atoms with Crippen LogP contribution in [0, 0.1) is 11.8 Å². The van der Waals surface area contributed by atoms with Crippen LogP contribution in [0.1, 0.15) is 118 Å². The van der Waals surface area contributed by atoms with Gasteiger partial charge >= 0.3 is 0 Å². The van der Waals surface area contributed by atoms with Crippen molar-refractivity contribution in [2.45, 2.75) is 89.1 Å². The predicted octanol–water partition coefficient (Wildman–Crippen LogP) is 20.8. The summed E-state index contributed by atoms with van der Waals surface area (Å²) < 4.78 is 30.3. The third kappa shape index (κ3) is 16.0. The lowest BCUT2D eigenvalue weighted by Gasteiger charge is -2.43. The van der Waals surface area contributed by atoms with E-state index in [1.54, 1.807) is 34.1 Å². The van der Waals surface area contributed by atoms with E-state index < -0.39 is 47.5 Å². The van der Waals surface area contributed by atoms with Crippen molar-refractivity contribution in [3.05, 3.63) is 290 Å². The summed E-state index contributed by atoms with van der Waals surface area (Å²) >= 11 is 0. The first-order chi connectivity index (χ1) is 61.7. The van der Waals surface area contributed by atoms with Gasteiger partial charge in [-0.05, 0) is 180 Å². The molecule has 0 radical (unpaired) electrons.